The van der Waals surface area contributed by atoms with Crippen molar-refractivity contribution >= 4 is 43.2 Å². The number of halogens is 1. The zero-order valence-electron chi connectivity index (χ0n) is 14.8. The van der Waals surface area contributed by atoms with Crippen molar-refractivity contribution in [3.05, 3.63) is 39.0 Å². The number of rotatable bonds is 5. The number of nitrogens with zero attached hydrogens (tertiary/aromatic N) is 2. The van der Waals surface area contributed by atoms with Crippen molar-refractivity contribution in [1.29, 1.82) is 0 Å². The van der Waals surface area contributed by atoms with Crippen LogP contribution in [0.2, 0.25) is 0 Å². The number of hydrogen-bond acceptors (Lipinski definition) is 6. The van der Waals surface area contributed by atoms with Crippen LogP contribution in [0.4, 0.5) is 0 Å². The highest BCUT2D eigenvalue weighted by atomic mass is 79.9. The molecule has 10 heteroatoms. The fraction of sp³-hybridized carbons (Fsp3) is 0.353. The van der Waals surface area contributed by atoms with Gasteiger partial charge in [0.25, 0.3) is 5.91 Å². The Hall–Kier alpha value is -1.62. The summed E-state index contributed by atoms with van der Waals surface area (Å²) in [5, 5.41) is 0. The summed E-state index contributed by atoms with van der Waals surface area (Å²) in [4.78, 5) is 14.9. The second-order valence-corrected chi connectivity index (χ2v) is 10.2. The molecule has 1 aromatic carbocycles. The van der Waals surface area contributed by atoms with Gasteiger partial charge in [0, 0.05) is 32.2 Å². The molecule has 1 fully saturated rings. The Morgan fingerprint density at radius 1 is 1.07 bits per heavy atom. The van der Waals surface area contributed by atoms with Crippen LogP contribution in [-0.2, 0) is 10.0 Å². The van der Waals surface area contributed by atoms with Crippen LogP contribution in [0.3, 0.4) is 0 Å². The third kappa shape index (κ3) is 4.13. The van der Waals surface area contributed by atoms with Gasteiger partial charge >= 0.3 is 0 Å². The van der Waals surface area contributed by atoms with E-state index in [-0.39, 0.29) is 29.6 Å². The van der Waals surface area contributed by atoms with Crippen molar-refractivity contribution < 1.29 is 22.7 Å². The predicted octanol–water partition coefficient (Wildman–Crippen LogP) is 2.67. The molecule has 1 saturated heterocycles. The first kappa shape index (κ1) is 20.1. The van der Waals surface area contributed by atoms with Crippen LogP contribution in [-0.4, -0.2) is 63.9 Å². The van der Waals surface area contributed by atoms with Crippen molar-refractivity contribution in [2.24, 2.45) is 0 Å². The van der Waals surface area contributed by atoms with Crippen LogP contribution >= 0.6 is 27.3 Å². The smallest absolute Gasteiger partial charge is 0.264 e. The molecule has 0 bridgehead atoms. The summed E-state index contributed by atoms with van der Waals surface area (Å²) in [7, 11) is -0.857. The number of carbonyl (C=O) groups is 1. The number of methoxy groups -OCH3 is 2. The number of thiophene rings is 1. The van der Waals surface area contributed by atoms with E-state index in [4.69, 9.17) is 9.47 Å². The van der Waals surface area contributed by atoms with Crippen LogP contribution in [0.15, 0.2) is 39.0 Å². The Morgan fingerprint density at radius 2 is 1.78 bits per heavy atom. The molecule has 0 N–H and O–H groups in total. The molecule has 2 heterocycles. The Bertz CT molecular complexity index is 937. The van der Waals surface area contributed by atoms with Crippen molar-refractivity contribution in [2.75, 3.05) is 40.4 Å². The molecule has 1 aliphatic rings. The molecule has 0 atom stereocenters. The first-order valence-corrected chi connectivity index (χ1v) is 11.2. The van der Waals surface area contributed by atoms with E-state index in [2.05, 4.69) is 15.9 Å². The highest BCUT2D eigenvalue weighted by Gasteiger charge is 2.33. The standard InChI is InChI=1S/C17H19BrN2O5S2/c1-24-12-3-4-13(25-2)15(11-12)27(22,23)20-9-7-19(8-10-20)17(21)14-5-6-16(18)26-14/h3-6,11H,7-10H2,1-2H3. The topological polar surface area (TPSA) is 76.2 Å². The zero-order chi connectivity index (χ0) is 19.6. The lowest BCUT2D eigenvalue weighted by molar-refractivity contribution is 0.0702. The number of ether oxygens (including phenoxy) is 2. The summed E-state index contributed by atoms with van der Waals surface area (Å²) in [6, 6.07) is 8.26. The minimum Gasteiger partial charge on any atom is -0.497 e. The fourth-order valence-electron chi connectivity index (χ4n) is 2.84. The lowest BCUT2D eigenvalue weighted by atomic mass is 10.3. The molecule has 3 rings (SSSR count). The van der Waals surface area contributed by atoms with Crippen molar-refractivity contribution in [3.63, 3.8) is 0 Å². The molecular formula is C17H19BrN2O5S2. The van der Waals surface area contributed by atoms with Gasteiger partial charge in [-0.05, 0) is 40.2 Å². The van der Waals surface area contributed by atoms with Gasteiger partial charge in [0.2, 0.25) is 10.0 Å². The number of piperazine rings is 1. The third-order valence-electron chi connectivity index (χ3n) is 4.30. The van der Waals surface area contributed by atoms with Gasteiger partial charge in [0.15, 0.2) is 0 Å². The summed E-state index contributed by atoms with van der Waals surface area (Å²) in [5.74, 6) is 0.617. The summed E-state index contributed by atoms with van der Waals surface area (Å²) >= 11 is 4.71. The lowest BCUT2D eigenvalue weighted by Crippen LogP contribution is -2.50. The zero-order valence-corrected chi connectivity index (χ0v) is 18.1. The molecule has 1 amide bonds. The van der Waals surface area contributed by atoms with Gasteiger partial charge < -0.3 is 14.4 Å². The van der Waals surface area contributed by atoms with E-state index in [1.807, 2.05) is 6.07 Å². The molecule has 1 aromatic heterocycles. The Balaban J connectivity index is 1.76. The molecule has 0 spiro atoms. The Labute approximate surface area is 170 Å². The van der Waals surface area contributed by atoms with E-state index in [1.54, 1.807) is 23.1 Å². The minimum absolute atomic E-state index is 0.0614. The van der Waals surface area contributed by atoms with Gasteiger partial charge in [-0.2, -0.15) is 4.31 Å². The second kappa shape index (κ2) is 8.17. The molecule has 7 nitrogen and oxygen atoms in total. The maximum absolute atomic E-state index is 13.1. The maximum atomic E-state index is 13.1. The number of hydrogen-bond donors (Lipinski definition) is 0. The first-order valence-electron chi connectivity index (χ1n) is 8.13. The first-order chi connectivity index (χ1) is 12.9. The summed E-state index contributed by atoms with van der Waals surface area (Å²) < 4.78 is 38.7. The highest BCUT2D eigenvalue weighted by molar-refractivity contribution is 9.11. The molecule has 2 aromatic rings. The van der Waals surface area contributed by atoms with Gasteiger partial charge in [-0.15, -0.1) is 11.3 Å². The van der Waals surface area contributed by atoms with E-state index < -0.39 is 10.0 Å². The SMILES string of the molecule is COc1ccc(OC)c(S(=O)(=O)N2CCN(C(=O)c3ccc(Br)s3)CC2)c1. The van der Waals surface area contributed by atoms with E-state index in [9.17, 15) is 13.2 Å². The maximum Gasteiger partial charge on any atom is 0.264 e. The average Bonchev–Trinajstić information content (AvgIpc) is 3.13. The molecule has 27 heavy (non-hydrogen) atoms. The molecule has 0 saturated carbocycles. The number of carbonyl (C=O) groups excluding carboxylic acids is 1. The third-order valence-corrected chi connectivity index (χ3v) is 7.83. The number of sulfonamides is 1. The largest absolute Gasteiger partial charge is 0.497 e. The number of amides is 1. The monoisotopic (exact) mass is 474 g/mol. The molecule has 0 unspecified atom stereocenters. The van der Waals surface area contributed by atoms with Crippen LogP contribution in [0.1, 0.15) is 9.67 Å². The van der Waals surface area contributed by atoms with Gasteiger partial charge in [-0.3, -0.25) is 4.79 Å². The predicted molar refractivity (Wildman–Crippen MR) is 106 cm³/mol. The van der Waals surface area contributed by atoms with Crippen LogP contribution in [0.25, 0.3) is 0 Å². The summed E-state index contributed by atoms with van der Waals surface area (Å²) in [6.45, 7) is 1.11. The van der Waals surface area contributed by atoms with Gasteiger partial charge in [-0.1, -0.05) is 0 Å². The van der Waals surface area contributed by atoms with Crippen molar-refractivity contribution in [1.82, 2.24) is 9.21 Å². The minimum atomic E-state index is -3.76. The highest BCUT2D eigenvalue weighted by Crippen LogP contribution is 2.31. The van der Waals surface area contributed by atoms with Crippen LogP contribution in [0.5, 0.6) is 11.5 Å². The lowest BCUT2D eigenvalue weighted by Gasteiger charge is -2.34. The molecule has 146 valence electrons. The van der Waals surface area contributed by atoms with Crippen molar-refractivity contribution in [2.45, 2.75) is 4.90 Å². The fourth-order valence-corrected chi connectivity index (χ4v) is 5.79. The Morgan fingerprint density at radius 3 is 2.33 bits per heavy atom. The molecule has 1 aliphatic heterocycles. The van der Waals surface area contributed by atoms with E-state index >= 15 is 0 Å². The van der Waals surface area contributed by atoms with Gasteiger partial charge in [0.05, 0.1) is 22.9 Å². The average molecular weight is 475 g/mol. The van der Waals surface area contributed by atoms with E-state index in [1.165, 1.54) is 35.9 Å². The number of benzene rings is 1. The quantitative estimate of drug-likeness (QED) is 0.665. The Kier molecular flexibility index (Phi) is 6.09. The normalized spacial score (nSPS) is 15.6. The molecular weight excluding hydrogens is 456 g/mol. The van der Waals surface area contributed by atoms with Crippen molar-refractivity contribution in [3.8, 4) is 11.5 Å². The van der Waals surface area contributed by atoms with Crippen LogP contribution in [0, 0.1) is 0 Å². The second-order valence-electron chi connectivity index (χ2n) is 5.82. The van der Waals surface area contributed by atoms with Crippen LogP contribution < -0.4 is 9.47 Å². The summed E-state index contributed by atoms with van der Waals surface area (Å²) in [5.41, 5.74) is 0. The van der Waals surface area contributed by atoms with E-state index in [0.717, 1.165) is 3.79 Å². The molecule has 0 radical (unpaired) electrons. The van der Waals surface area contributed by atoms with Gasteiger partial charge in [-0.25, -0.2) is 8.42 Å². The van der Waals surface area contributed by atoms with Gasteiger partial charge in [0.1, 0.15) is 16.4 Å². The molecule has 0 aliphatic carbocycles. The summed E-state index contributed by atoms with van der Waals surface area (Å²) in [6.07, 6.45) is 0. The van der Waals surface area contributed by atoms with E-state index in [0.29, 0.717) is 23.7 Å².